The third-order valence-corrected chi connectivity index (χ3v) is 4.98. The summed E-state index contributed by atoms with van der Waals surface area (Å²) in [5.74, 6) is 2.29. The van der Waals surface area contributed by atoms with Crippen LogP contribution < -0.4 is 4.90 Å². The fraction of sp³-hybridized carbons (Fsp3) is 0.611. The van der Waals surface area contributed by atoms with Crippen molar-refractivity contribution in [1.29, 1.82) is 0 Å². The van der Waals surface area contributed by atoms with Crippen LogP contribution in [0.1, 0.15) is 46.0 Å². The highest BCUT2D eigenvalue weighted by atomic mass is 16.1. The van der Waals surface area contributed by atoms with E-state index in [0.29, 0.717) is 11.7 Å². The van der Waals surface area contributed by atoms with Crippen LogP contribution in [-0.2, 0) is 4.79 Å². The topological polar surface area (TPSA) is 61.9 Å². The molecule has 0 amide bonds. The zero-order chi connectivity index (χ0) is 16.2. The highest BCUT2D eigenvalue weighted by molar-refractivity contribution is 5.87. The normalized spacial score (nSPS) is 19.4. The van der Waals surface area contributed by atoms with E-state index in [1.165, 1.54) is 0 Å². The summed E-state index contributed by atoms with van der Waals surface area (Å²) in [4.78, 5) is 26.5. The lowest BCUT2D eigenvalue weighted by atomic mass is 9.87. The summed E-state index contributed by atoms with van der Waals surface area (Å²) in [7, 11) is 0. The second-order valence-electron chi connectivity index (χ2n) is 6.60. The van der Waals surface area contributed by atoms with Crippen LogP contribution in [-0.4, -0.2) is 33.8 Å². The number of ketones is 1. The van der Waals surface area contributed by atoms with Crippen LogP contribution in [0, 0.1) is 11.8 Å². The van der Waals surface area contributed by atoms with E-state index in [1.807, 2.05) is 12.3 Å². The van der Waals surface area contributed by atoms with Crippen molar-refractivity contribution in [3.8, 4) is 0 Å². The molecule has 2 unspecified atom stereocenters. The first-order valence-electron chi connectivity index (χ1n) is 8.78. The lowest BCUT2D eigenvalue weighted by molar-refractivity contribution is -0.123. The van der Waals surface area contributed by atoms with Gasteiger partial charge in [0.2, 0.25) is 0 Å². The van der Waals surface area contributed by atoms with Gasteiger partial charge in [0.15, 0.2) is 0 Å². The van der Waals surface area contributed by atoms with Gasteiger partial charge in [-0.05, 0) is 37.7 Å². The molecule has 0 spiro atoms. The molecular formula is C18H26N4O. The number of carbonyl (C=O) groups is 1. The molecule has 1 aliphatic heterocycles. The summed E-state index contributed by atoms with van der Waals surface area (Å²) < 4.78 is 0. The number of fused-ring (bicyclic) bond motifs is 1. The maximum atomic E-state index is 12.2. The van der Waals surface area contributed by atoms with E-state index in [0.717, 1.165) is 62.0 Å². The van der Waals surface area contributed by atoms with E-state index in [4.69, 9.17) is 0 Å². The first-order chi connectivity index (χ1) is 11.2. The van der Waals surface area contributed by atoms with Crippen molar-refractivity contribution in [2.75, 3.05) is 18.0 Å². The van der Waals surface area contributed by atoms with Crippen LogP contribution in [0.2, 0.25) is 0 Å². The van der Waals surface area contributed by atoms with Gasteiger partial charge in [-0.15, -0.1) is 0 Å². The maximum absolute atomic E-state index is 12.2. The van der Waals surface area contributed by atoms with Gasteiger partial charge in [0.05, 0.1) is 5.39 Å². The predicted molar refractivity (Wildman–Crippen MR) is 92.5 cm³/mol. The van der Waals surface area contributed by atoms with Gasteiger partial charge in [-0.1, -0.05) is 13.8 Å². The molecule has 2 aromatic rings. The molecule has 1 fully saturated rings. The van der Waals surface area contributed by atoms with Crippen molar-refractivity contribution >= 4 is 22.6 Å². The first-order valence-corrected chi connectivity index (χ1v) is 8.78. The molecular weight excluding hydrogens is 288 g/mol. The molecule has 124 valence electrons. The smallest absolute Gasteiger partial charge is 0.142 e. The SMILES string of the molecule is CCCC(=O)C(CC)CC1CCN(c2ncnc3[nH]ccc23)C1. The molecule has 2 aromatic heterocycles. The zero-order valence-electron chi connectivity index (χ0n) is 14.1. The van der Waals surface area contributed by atoms with Gasteiger partial charge in [-0.3, -0.25) is 4.79 Å². The van der Waals surface area contributed by atoms with Crippen molar-refractivity contribution in [2.24, 2.45) is 11.8 Å². The number of hydrogen-bond donors (Lipinski definition) is 1. The van der Waals surface area contributed by atoms with Crippen LogP contribution in [0.5, 0.6) is 0 Å². The number of anilines is 1. The lowest BCUT2D eigenvalue weighted by Gasteiger charge is -2.20. The Kier molecular flexibility index (Phi) is 4.94. The number of nitrogens with one attached hydrogen (secondary N) is 1. The number of rotatable bonds is 7. The highest BCUT2D eigenvalue weighted by Gasteiger charge is 2.28. The number of hydrogen-bond acceptors (Lipinski definition) is 4. The molecule has 1 saturated heterocycles. The average molecular weight is 314 g/mol. The van der Waals surface area contributed by atoms with E-state index >= 15 is 0 Å². The van der Waals surface area contributed by atoms with E-state index in [2.05, 4.69) is 33.7 Å². The van der Waals surface area contributed by atoms with Crippen LogP contribution in [0.15, 0.2) is 18.6 Å². The summed E-state index contributed by atoms with van der Waals surface area (Å²) in [6.45, 7) is 6.23. The van der Waals surface area contributed by atoms with E-state index in [1.54, 1.807) is 6.33 Å². The molecule has 0 radical (unpaired) electrons. The Morgan fingerprint density at radius 2 is 2.30 bits per heavy atom. The van der Waals surface area contributed by atoms with Crippen molar-refractivity contribution in [3.05, 3.63) is 18.6 Å². The van der Waals surface area contributed by atoms with Gasteiger partial charge in [0.1, 0.15) is 23.6 Å². The number of carbonyl (C=O) groups excluding carboxylic acids is 1. The molecule has 1 aliphatic rings. The van der Waals surface area contributed by atoms with Gasteiger partial charge in [0.25, 0.3) is 0 Å². The average Bonchev–Trinajstić information content (AvgIpc) is 3.21. The molecule has 0 bridgehead atoms. The van der Waals surface area contributed by atoms with Crippen LogP contribution in [0.3, 0.4) is 0 Å². The Hall–Kier alpha value is -1.91. The molecule has 23 heavy (non-hydrogen) atoms. The van der Waals surface area contributed by atoms with Crippen LogP contribution in [0.4, 0.5) is 5.82 Å². The van der Waals surface area contributed by atoms with Gasteiger partial charge < -0.3 is 9.88 Å². The van der Waals surface area contributed by atoms with Crippen molar-refractivity contribution in [3.63, 3.8) is 0 Å². The molecule has 0 aliphatic carbocycles. The quantitative estimate of drug-likeness (QED) is 0.848. The summed E-state index contributed by atoms with van der Waals surface area (Å²) >= 11 is 0. The Morgan fingerprint density at radius 3 is 3.09 bits per heavy atom. The van der Waals surface area contributed by atoms with Gasteiger partial charge in [0, 0.05) is 31.6 Å². The number of aromatic amines is 1. The summed E-state index contributed by atoms with van der Waals surface area (Å²) in [5, 5.41) is 1.09. The summed E-state index contributed by atoms with van der Waals surface area (Å²) in [6.07, 6.45) is 8.35. The minimum absolute atomic E-state index is 0.234. The minimum atomic E-state index is 0.234. The lowest BCUT2D eigenvalue weighted by Crippen LogP contribution is -2.23. The third kappa shape index (κ3) is 3.38. The molecule has 5 nitrogen and oxygen atoms in total. The molecule has 5 heteroatoms. The number of nitrogens with zero attached hydrogens (tertiary/aromatic N) is 3. The zero-order valence-corrected chi connectivity index (χ0v) is 14.1. The summed E-state index contributed by atoms with van der Waals surface area (Å²) in [5.41, 5.74) is 0.892. The molecule has 0 aromatic carbocycles. The standard InChI is InChI=1S/C18H26N4O/c1-3-5-16(23)14(4-2)10-13-7-9-22(11-13)18-15-6-8-19-17(15)20-12-21-18/h6,8,12-14H,3-5,7,9-11H2,1-2H3,(H,19,20,21). The molecule has 3 heterocycles. The fourth-order valence-corrected chi connectivity index (χ4v) is 3.71. The van der Waals surface area contributed by atoms with Crippen molar-refractivity contribution in [1.82, 2.24) is 15.0 Å². The molecule has 2 atom stereocenters. The maximum Gasteiger partial charge on any atom is 0.142 e. The Morgan fingerprint density at radius 1 is 1.43 bits per heavy atom. The van der Waals surface area contributed by atoms with Gasteiger partial charge >= 0.3 is 0 Å². The second kappa shape index (κ2) is 7.11. The monoisotopic (exact) mass is 314 g/mol. The Labute approximate surface area is 137 Å². The van der Waals surface area contributed by atoms with Crippen molar-refractivity contribution in [2.45, 2.75) is 46.0 Å². The Balaban J connectivity index is 1.66. The second-order valence-corrected chi connectivity index (χ2v) is 6.60. The number of H-pyrrole nitrogens is 1. The highest BCUT2D eigenvalue weighted by Crippen LogP contribution is 2.31. The number of Topliss-reactive ketones (excluding diaryl/α,β-unsaturated/α-hetero) is 1. The van der Waals surface area contributed by atoms with Crippen LogP contribution >= 0.6 is 0 Å². The Bertz CT molecular complexity index is 666. The summed E-state index contributed by atoms with van der Waals surface area (Å²) in [6, 6.07) is 2.04. The van der Waals surface area contributed by atoms with E-state index in [-0.39, 0.29) is 5.92 Å². The van der Waals surface area contributed by atoms with Crippen molar-refractivity contribution < 1.29 is 4.79 Å². The predicted octanol–water partition coefficient (Wildman–Crippen LogP) is 3.57. The van der Waals surface area contributed by atoms with Crippen LogP contribution in [0.25, 0.3) is 11.0 Å². The minimum Gasteiger partial charge on any atom is -0.356 e. The van der Waals surface area contributed by atoms with Gasteiger partial charge in [-0.25, -0.2) is 9.97 Å². The number of aromatic nitrogens is 3. The fourth-order valence-electron chi connectivity index (χ4n) is 3.71. The van der Waals surface area contributed by atoms with E-state index < -0.39 is 0 Å². The van der Waals surface area contributed by atoms with E-state index in [9.17, 15) is 4.79 Å². The molecule has 3 rings (SSSR count). The molecule has 0 saturated carbocycles. The molecule has 1 N–H and O–H groups in total. The largest absolute Gasteiger partial charge is 0.356 e. The third-order valence-electron chi connectivity index (χ3n) is 4.98. The first kappa shape index (κ1) is 16.0. The van der Waals surface area contributed by atoms with Gasteiger partial charge in [-0.2, -0.15) is 0 Å².